The summed E-state index contributed by atoms with van der Waals surface area (Å²) in [6.45, 7) is 0. The van der Waals surface area contributed by atoms with Crippen LogP contribution in [0, 0.1) is 0 Å². The van der Waals surface area contributed by atoms with E-state index in [0.717, 1.165) is 36.2 Å². The molecule has 0 saturated heterocycles. The van der Waals surface area contributed by atoms with Crippen molar-refractivity contribution in [3.8, 4) is 0 Å². The fraction of sp³-hybridized carbons (Fsp3) is 0.385. The van der Waals surface area contributed by atoms with E-state index in [9.17, 15) is 4.79 Å². The molecular formula is C13H12N2OS. The van der Waals surface area contributed by atoms with Gasteiger partial charge in [0.25, 0.3) is 0 Å². The average molecular weight is 244 g/mol. The lowest BCUT2D eigenvalue weighted by molar-refractivity contribution is 0.546. The van der Waals surface area contributed by atoms with Crippen molar-refractivity contribution in [2.24, 2.45) is 4.99 Å². The van der Waals surface area contributed by atoms with Gasteiger partial charge in [-0.25, -0.2) is 9.78 Å². The number of para-hydroxylation sites is 1. The van der Waals surface area contributed by atoms with Crippen molar-refractivity contribution in [1.82, 2.24) is 4.98 Å². The number of thiazole rings is 1. The van der Waals surface area contributed by atoms with Crippen molar-refractivity contribution in [1.29, 1.82) is 0 Å². The van der Waals surface area contributed by atoms with E-state index in [1.807, 2.05) is 18.2 Å². The van der Waals surface area contributed by atoms with Gasteiger partial charge in [-0.1, -0.05) is 12.1 Å². The molecule has 0 unspecified atom stereocenters. The Balaban J connectivity index is 1.75. The second-order valence-electron chi connectivity index (χ2n) is 4.50. The number of aliphatic imine (C=N–C) groups is 1. The summed E-state index contributed by atoms with van der Waals surface area (Å²) in [5, 5.41) is 1.14. The highest BCUT2D eigenvalue weighted by Crippen LogP contribution is 2.43. The predicted molar refractivity (Wildman–Crippen MR) is 68.0 cm³/mol. The average Bonchev–Trinajstić information content (AvgIpc) is 2.98. The number of rotatable bonds is 4. The standard InChI is InChI=1S/C13H12N2OS/c16-9-14-13(7-8-13)6-5-12-15-10-3-1-2-4-11(10)17-12/h1-4H,5-8H2. The van der Waals surface area contributed by atoms with Gasteiger partial charge in [-0.15, -0.1) is 11.3 Å². The van der Waals surface area contributed by atoms with E-state index in [4.69, 9.17) is 0 Å². The lowest BCUT2D eigenvalue weighted by Crippen LogP contribution is -2.05. The highest BCUT2D eigenvalue weighted by atomic mass is 32.1. The van der Waals surface area contributed by atoms with Crippen LogP contribution in [-0.2, 0) is 11.2 Å². The number of isocyanates is 1. The largest absolute Gasteiger partial charge is 0.241 e. The molecular weight excluding hydrogens is 232 g/mol. The van der Waals surface area contributed by atoms with E-state index in [2.05, 4.69) is 16.0 Å². The first kappa shape index (κ1) is 10.6. The minimum atomic E-state index is -0.0976. The molecule has 4 heteroatoms. The highest BCUT2D eigenvalue weighted by Gasteiger charge is 2.42. The maximum atomic E-state index is 10.3. The zero-order valence-corrected chi connectivity index (χ0v) is 10.2. The molecule has 0 radical (unpaired) electrons. The molecule has 1 aromatic carbocycles. The first-order chi connectivity index (χ1) is 8.31. The summed E-state index contributed by atoms with van der Waals surface area (Å²) in [5.41, 5.74) is 0.968. The Morgan fingerprint density at radius 2 is 2.24 bits per heavy atom. The minimum absolute atomic E-state index is 0.0976. The van der Waals surface area contributed by atoms with Crippen LogP contribution in [-0.4, -0.2) is 16.6 Å². The fourth-order valence-electron chi connectivity index (χ4n) is 2.03. The maximum Gasteiger partial charge on any atom is 0.235 e. The molecule has 86 valence electrons. The molecule has 3 rings (SSSR count). The summed E-state index contributed by atoms with van der Waals surface area (Å²) in [6, 6.07) is 8.16. The van der Waals surface area contributed by atoms with Gasteiger partial charge in [0.1, 0.15) is 0 Å². The summed E-state index contributed by atoms with van der Waals surface area (Å²) < 4.78 is 1.23. The first-order valence-electron chi connectivity index (χ1n) is 5.75. The summed E-state index contributed by atoms with van der Waals surface area (Å²) in [7, 11) is 0. The Hall–Kier alpha value is -1.51. The lowest BCUT2D eigenvalue weighted by atomic mass is 10.1. The van der Waals surface area contributed by atoms with Crippen molar-refractivity contribution >= 4 is 27.6 Å². The summed E-state index contributed by atoms with van der Waals surface area (Å²) in [5.74, 6) is 0. The molecule has 1 heterocycles. The van der Waals surface area contributed by atoms with E-state index < -0.39 is 0 Å². The molecule has 0 spiro atoms. The molecule has 0 aliphatic heterocycles. The molecule has 0 atom stereocenters. The van der Waals surface area contributed by atoms with Crippen LogP contribution >= 0.6 is 11.3 Å². The quantitative estimate of drug-likeness (QED) is 0.612. The Bertz CT molecular complexity index is 561. The van der Waals surface area contributed by atoms with E-state index in [0.29, 0.717) is 0 Å². The van der Waals surface area contributed by atoms with E-state index in [1.54, 1.807) is 17.4 Å². The van der Waals surface area contributed by atoms with Crippen molar-refractivity contribution in [2.45, 2.75) is 31.2 Å². The third-order valence-electron chi connectivity index (χ3n) is 3.25. The third-order valence-corrected chi connectivity index (χ3v) is 4.35. The fourth-order valence-corrected chi connectivity index (χ4v) is 2.99. The molecule has 3 nitrogen and oxygen atoms in total. The van der Waals surface area contributed by atoms with Crippen LogP contribution in [0.15, 0.2) is 29.3 Å². The molecule has 0 bridgehead atoms. The number of nitrogens with zero attached hydrogens (tertiary/aromatic N) is 2. The molecule has 0 amide bonds. The molecule has 0 N–H and O–H groups in total. The van der Waals surface area contributed by atoms with Gasteiger partial charge < -0.3 is 0 Å². The Morgan fingerprint density at radius 1 is 1.41 bits per heavy atom. The van der Waals surface area contributed by atoms with E-state index in [-0.39, 0.29) is 5.54 Å². The second kappa shape index (κ2) is 4.06. The Morgan fingerprint density at radius 3 is 2.94 bits per heavy atom. The topological polar surface area (TPSA) is 42.3 Å². The van der Waals surface area contributed by atoms with Gasteiger partial charge in [-0.3, -0.25) is 0 Å². The van der Waals surface area contributed by atoms with Crippen LogP contribution in [0.5, 0.6) is 0 Å². The summed E-state index contributed by atoms with van der Waals surface area (Å²) in [6.07, 6.45) is 5.56. The van der Waals surface area contributed by atoms with E-state index >= 15 is 0 Å². The summed E-state index contributed by atoms with van der Waals surface area (Å²) in [4.78, 5) is 18.8. The monoisotopic (exact) mass is 244 g/mol. The van der Waals surface area contributed by atoms with Crippen molar-refractivity contribution in [2.75, 3.05) is 0 Å². The number of benzene rings is 1. The maximum absolute atomic E-state index is 10.3. The second-order valence-corrected chi connectivity index (χ2v) is 5.62. The third kappa shape index (κ3) is 2.14. The van der Waals surface area contributed by atoms with Gasteiger partial charge in [-0.05, 0) is 31.4 Å². The highest BCUT2D eigenvalue weighted by molar-refractivity contribution is 7.18. The van der Waals surface area contributed by atoms with Crippen molar-refractivity contribution in [3.05, 3.63) is 29.3 Å². The molecule has 1 saturated carbocycles. The molecule has 17 heavy (non-hydrogen) atoms. The molecule has 1 fully saturated rings. The van der Waals surface area contributed by atoms with Gasteiger partial charge in [0.2, 0.25) is 6.08 Å². The van der Waals surface area contributed by atoms with Crippen LogP contribution in [0.25, 0.3) is 10.2 Å². The number of aryl methyl sites for hydroxylation is 1. The van der Waals surface area contributed by atoms with Gasteiger partial charge in [0.05, 0.1) is 20.8 Å². The molecule has 1 aromatic heterocycles. The predicted octanol–water partition coefficient (Wildman–Crippen LogP) is 3.10. The van der Waals surface area contributed by atoms with Crippen LogP contribution in [0.4, 0.5) is 0 Å². The lowest BCUT2D eigenvalue weighted by Gasteiger charge is -2.04. The Labute approximate surface area is 103 Å². The van der Waals surface area contributed by atoms with Crippen molar-refractivity contribution < 1.29 is 4.79 Å². The van der Waals surface area contributed by atoms with Crippen LogP contribution in [0.1, 0.15) is 24.3 Å². The number of hydrogen-bond donors (Lipinski definition) is 0. The molecule has 1 aliphatic carbocycles. The minimum Gasteiger partial charge on any atom is -0.241 e. The number of fused-ring (bicyclic) bond motifs is 1. The number of aromatic nitrogens is 1. The molecule has 1 aliphatic rings. The van der Waals surface area contributed by atoms with E-state index in [1.165, 1.54) is 4.70 Å². The zero-order valence-electron chi connectivity index (χ0n) is 9.35. The van der Waals surface area contributed by atoms with Gasteiger partial charge >= 0.3 is 0 Å². The number of hydrogen-bond acceptors (Lipinski definition) is 4. The summed E-state index contributed by atoms with van der Waals surface area (Å²) >= 11 is 1.73. The van der Waals surface area contributed by atoms with Crippen molar-refractivity contribution in [3.63, 3.8) is 0 Å². The van der Waals surface area contributed by atoms with Crippen LogP contribution in [0.2, 0.25) is 0 Å². The SMILES string of the molecule is O=C=NC1(CCc2nc3ccccc3s2)CC1. The van der Waals surface area contributed by atoms with Crippen LogP contribution < -0.4 is 0 Å². The normalized spacial score (nSPS) is 16.7. The Kier molecular flexibility index (Phi) is 2.54. The number of carbonyl (C=O) groups excluding carboxylic acids is 1. The van der Waals surface area contributed by atoms with Gasteiger partial charge in [0, 0.05) is 6.42 Å². The van der Waals surface area contributed by atoms with Gasteiger partial charge in [0.15, 0.2) is 0 Å². The zero-order chi connectivity index (χ0) is 11.7. The molecule has 2 aromatic rings. The van der Waals surface area contributed by atoms with Crippen LogP contribution in [0.3, 0.4) is 0 Å². The van der Waals surface area contributed by atoms with Gasteiger partial charge in [-0.2, -0.15) is 4.99 Å². The smallest absolute Gasteiger partial charge is 0.235 e. The first-order valence-corrected chi connectivity index (χ1v) is 6.56.